The largest absolute Gasteiger partial charge is 0.334 e. The summed E-state index contributed by atoms with van der Waals surface area (Å²) in [6.45, 7) is 0.566. The zero-order chi connectivity index (χ0) is 16.8. The van der Waals surface area contributed by atoms with Crippen LogP contribution in [-0.4, -0.2) is 26.0 Å². The van der Waals surface area contributed by atoms with E-state index in [0.717, 1.165) is 11.3 Å². The first kappa shape index (κ1) is 15.6. The van der Waals surface area contributed by atoms with Gasteiger partial charge in [-0.25, -0.2) is 13.9 Å². The number of benzene rings is 1. The molecule has 7 nitrogen and oxygen atoms in total. The Balaban J connectivity index is 1.48. The third-order valence-corrected chi connectivity index (χ3v) is 3.26. The fourth-order valence-corrected chi connectivity index (χ4v) is 2.02. The SMILES string of the molecule is O=C(NCc1ccc(F)cc1)NCc1cn(-c2ccncc2)nn1. The molecule has 2 N–H and O–H groups in total. The Morgan fingerprint density at radius 1 is 1.04 bits per heavy atom. The predicted octanol–water partition coefficient (Wildman–Crippen LogP) is 1.80. The summed E-state index contributed by atoms with van der Waals surface area (Å²) in [5.74, 6) is -0.305. The number of pyridine rings is 1. The number of hydrogen-bond acceptors (Lipinski definition) is 4. The van der Waals surface area contributed by atoms with Gasteiger partial charge in [0.25, 0.3) is 0 Å². The minimum atomic E-state index is -0.335. The summed E-state index contributed by atoms with van der Waals surface area (Å²) >= 11 is 0. The molecule has 0 fully saturated rings. The van der Waals surface area contributed by atoms with Crippen LogP contribution >= 0.6 is 0 Å². The van der Waals surface area contributed by atoms with E-state index in [1.54, 1.807) is 47.5 Å². The first-order valence-corrected chi connectivity index (χ1v) is 7.28. The van der Waals surface area contributed by atoms with E-state index in [1.165, 1.54) is 12.1 Å². The predicted molar refractivity (Wildman–Crippen MR) is 84.6 cm³/mol. The second-order valence-corrected chi connectivity index (χ2v) is 5.02. The topological polar surface area (TPSA) is 84.7 Å². The lowest BCUT2D eigenvalue weighted by Gasteiger charge is -2.06. The summed E-state index contributed by atoms with van der Waals surface area (Å²) < 4.78 is 14.4. The molecule has 0 aliphatic rings. The average molecular weight is 326 g/mol. The smallest absolute Gasteiger partial charge is 0.315 e. The van der Waals surface area contributed by atoms with Gasteiger partial charge in [0.2, 0.25) is 0 Å². The Hall–Kier alpha value is -3.29. The van der Waals surface area contributed by atoms with E-state index in [4.69, 9.17) is 0 Å². The molecule has 2 aromatic heterocycles. The minimum Gasteiger partial charge on any atom is -0.334 e. The molecule has 2 heterocycles. The van der Waals surface area contributed by atoms with Gasteiger partial charge in [0.1, 0.15) is 11.5 Å². The molecule has 0 saturated heterocycles. The fourth-order valence-electron chi connectivity index (χ4n) is 2.02. The van der Waals surface area contributed by atoms with Crippen molar-refractivity contribution in [3.63, 3.8) is 0 Å². The maximum absolute atomic E-state index is 12.8. The lowest BCUT2D eigenvalue weighted by atomic mass is 10.2. The molecule has 24 heavy (non-hydrogen) atoms. The molecule has 0 spiro atoms. The van der Waals surface area contributed by atoms with Gasteiger partial charge >= 0.3 is 6.03 Å². The van der Waals surface area contributed by atoms with E-state index >= 15 is 0 Å². The second kappa shape index (κ2) is 7.32. The average Bonchev–Trinajstić information content (AvgIpc) is 3.09. The minimum absolute atomic E-state index is 0.250. The summed E-state index contributed by atoms with van der Waals surface area (Å²) in [5.41, 5.74) is 2.28. The van der Waals surface area contributed by atoms with Crippen molar-refractivity contribution in [2.45, 2.75) is 13.1 Å². The van der Waals surface area contributed by atoms with Gasteiger partial charge in [-0.05, 0) is 29.8 Å². The number of urea groups is 1. The van der Waals surface area contributed by atoms with E-state index in [2.05, 4.69) is 25.9 Å². The van der Waals surface area contributed by atoms with Crippen molar-refractivity contribution >= 4 is 6.03 Å². The summed E-state index contributed by atoms with van der Waals surface area (Å²) in [4.78, 5) is 15.7. The van der Waals surface area contributed by atoms with Crippen LogP contribution in [0.3, 0.4) is 0 Å². The van der Waals surface area contributed by atoms with Crippen molar-refractivity contribution in [3.05, 3.63) is 72.1 Å². The molecule has 0 radical (unpaired) electrons. The molecule has 8 heteroatoms. The Morgan fingerprint density at radius 2 is 1.75 bits per heavy atom. The lowest BCUT2D eigenvalue weighted by molar-refractivity contribution is 0.240. The monoisotopic (exact) mass is 326 g/mol. The summed E-state index contributed by atoms with van der Waals surface area (Å²) in [7, 11) is 0. The second-order valence-electron chi connectivity index (χ2n) is 5.02. The first-order chi connectivity index (χ1) is 11.7. The number of nitrogens with zero attached hydrogens (tertiary/aromatic N) is 4. The normalized spacial score (nSPS) is 10.4. The van der Waals surface area contributed by atoms with Crippen molar-refractivity contribution in [3.8, 4) is 5.69 Å². The Morgan fingerprint density at radius 3 is 2.50 bits per heavy atom. The maximum Gasteiger partial charge on any atom is 0.315 e. The molecule has 3 aromatic rings. The van der Waals surface area contributed by atoms with Gasteiger partial charge in [0, 0.05) is 18.9 Å². The molecule has 2 amide bonds. The molecule has 0 aliphatic carbocycles. The molecule has 3 rings (SSSR count). The van der Waals surface area contributed by atoms with Crippen molar-refractivity contribution in [1.82, 2.24) is 30.6 Å². The standard InChI is InChI=1S/C16H15FN6O/c17-13-3-1-12(2-4-13)9-19-16(24)20-10-14-11-23(22-21-14)15-5-7-18-8-6-15/h1-8,11H,9-10H2,(H2,19,20,24). The van der Waals surface area contributed by atoms with Gasteiger partial charge in [0.05, 0.1) is 18.4 Å². The summed E-state index contributed by atoms with van der Waals surface area (Å²) in [6, 6.07) is 9.23. The highest BCUT2D eigenvalue weighted by atomic mass is 19.1. The number of amides is 2. The Bertz CT molecular complexity index is 803. The number of halogens is 1. The van der Waals surface area contributed by atoms with E-state index in [-0.39, 0.29) is 18.4 Å². The molecule has 1 aromatic carbocycles. The highest BCUT2D eigenvalue weighted by molar-refractivity contribution is 5.73. The van der Waals surface area contributed by atoms with Gasteiger partial charge < -0.3 is 10.6 Å². The number of carbonyl (C=O) groups excluding carboxylic acids is 1. The molecular formula is C16H15FN6O. The molecule has 0 atom stereocenters. The van der Waals surface area contributed by atoms with Crippen LogP contribution in [0.2, 0.25) is 0 Å². The zero-order valence-corrected chi connectivity index (χ0v) is 12.7. The van der Waals surface area contributed by atoms with Crippen LogP contribution < -0.4 is 10.6 Å². The van der Waals surface area contributed by atoms with Crippen molar-refractivity contribution < 1.29 is 9.18 Å². The molecule has 122 valence electrons. The van der Waals surface area contributed by atoms with Crippen LogP contribution in [0.1, 0.15) is 11.3 Å². The van der Waals surface area contributed by atoms with Gasteiger partial charge in [-0.1, -0.05) is 17.3 Å². The van der Waals surface area contributed by atoms with Gasteiger partial charge in [-0.3, -0.25) is 4.98 Å². The number of carbonyl (C=O) groups is 1. The fraction of sp³-hybridized carbons (Fsp3) is 0.125. The van der Waals surface area contributed by atoms with Gasteiger partial charge in [-0.2, -0.15) is 0 Å². The van der Waals surface area contributed by atoms with Crippen LogP contribution in [0.4, 0.5) is 9.18 Å². The lowest BCUT2D eigenvalue weighted by Crippen LogP contribution is -2.34. The maximum atomic E-state index is 12.8. The molecule has 0 bridgehead atoms. The Kier molecular flexibility index (Phi) is 4.76. The quantitative estimate of drug-likeness (QED) is 0.749. The van der Waals surface area contributed by atoms with Crippen molar-refractivity contribution in [1.29, 1.82) is 0 Å². The van der Waals surface area contributed by atoms with E-state index in [1.807, 2.05) is 0 Å². The van der Waals surface area contributed by atoms with E-state index in [9.17, 15) is 9.18 Å². The molecular weight excluding hydrogens is 311 g/mol. The molecule has 0 aliphatic heterocycles. The van der Waals surface area contributed by atoms with Crippen LogP contribution in [0.25, 0.3) is 5.69 Å². The Labute approximate surface area is 137 Å². The molecule has 0 unspecified atom stereocenters. The van der Waals surface area contributed by atoms with Crippen molar-refractivity contribution in [2.24, 2.45) is 0 Å². The van der Waals surface area contributed by atoms with Crippen LogP contribution in [0, 0.1) is 5.82 Å². The number of rotatable bonds is 5. The number of aromatic nitrogens is 4. The summed E-state index contributed by atoms with van der Waals surface area (Å²) in [5, 5.41) is 13.4. The van der Waals surface area contributed by atoms with Crippen molar-refractivity contribution in [2.75, 3.05) is 0 Å². The van der Waals surface area contributed by atoms with Crippen LogP contribution in [-0.2, 0) is 13.1 Å². The van der Waals surface area contributed by atoms with Crippen LogP contribution in [0.5, 0.6) is 0 Å². The highest BCUT2D eigenvalue weighted by Crippen LogP contribution is 2.04. The van der Waals surface area contributed by atoms with Crippen LogP contribution in [0.15, 0.2) is 55.0 Å². The zero-order valence-electron chi connectivity index (χ0n) is 12.7. The van der Waals surface area contributed by atoms with E-state index < -0.39 is 0 Å². The third-order valence-electron chi connectivity index (χ3n) is 3.26. The van der Waals surface area contributed by atoms with Gasteiger partial charge in [-0.15, -0.1) is 5.10 Å². The third kappa shape index (κ3) is 4.13. The summed E-state index contributed by atoms with van der Waals surface area (Å²) in [6.07, 6.45) is 5.06. The number of hydrogen-bond donors (Lipinski definition) is 2. The molecule has 0 saturated carbocycles. The first-order valence-electron chi connectivity index (χ1n) is 7.28. The van der Waals surface area contributed by atoms with Gasteiger partial charge in [0.15, 0.2) is 0 Å². The number of nitrogens with one attached hydrogen (secondary N) is 2. The highest BCUT2D eigenvalue weighted by Gasteiger charge is 2.05. The van der Waals surface area contributed by atoms with E-state index in [0.29, 0.717) is 12.2 Å².